The molecule has 140 valence electrons. The van der Waals surface area contributed by atoms with Crippen LogP contribution in [0.15, 0.2) is 53.4 Å². The second kappa shape index (κ2) is 8.96. The van der Waals surface area contributed by atoms with E-state index >= 15 is 0 Å². The maximum Gasteiger partial charge on any atom is 0.254 e. The van der Waals surface area contributed by atoms with Crippen LogP contribution >= 0.6 is 0 Å². The van der Waals surface area contributed by atoms with Gasteiger partial charge in [-0.1, -0.05) is 50.2 Å². The fraction of sp³-hybridized carbons (Fsp3) is 0.350. The molecule has 0 aliphatic carbocycles. The lowest BCUT2D eigenvalue weighted by atomic mass is 10.1. The molecule has 0 atom stereocenters. The zero-order valence-electron chi connectivity index (χ0n) is 15.5. The molecule has 2 rings (SSSR count). The van der Waals surface area contributed by atoms with Crippen molar-refractivity contribution in [2.45, 2.75) is 38.6 Å². The van der Waals surface area contributed by atoms with E-state index < -0.39 is 10.0 Å². The van der Waals surface area contributed by atoms with E-state index in [0.29, 0.717) is 25.2 Å². The van der Waals surface area contributed by atoms with E-state index in [0.717, 1.165) is 17.5 Å². The van der Waals surface area contributed by atoms with Gasteiger partial charge < -0.3 is 4.90 Å². The second-order valence-corrected chi connectivity index (χ2v) is 7.96. The van der Waals surface area contributed by atoms with Crippen LogP contribution in [0.4, 0.5) is 0 Å². The predicted molar refractivity (Wildman–Crippen MR) is 104 cm³/mol. The Kier molecular flexibility index (Phi) is 6.94. The van der Waals surface area contributed by atoms with Gasteiger partial charge in [-0.15, -0.1) is 0 Å². The SMILES string of the molecule is CCCN(Cc1ccccc1)C(=O)c1cc(S(=O)(=O)NCC)ccc1C. The fourth-order valence-electron chi connectivity index (χ4n) is 2.77. The summed E-state index contributed by atoms with van der Waals surface area (Å²) in [5.41, 5.74) is 2.23. The summed E-state index contributed by atoms with van der Waals surface area (Å²) in [7, 11) is -3.60. The smallest absolute Gasteiger partial charge is 0.254 e. The van der Waals surface area contributed by atoms with Crippen LogP contribution in [0.2, 0.25) is 0 Å². The predicted octanol–water partition coefficient (Wildman–Crippen LogP) is 3.35. The van der Waals surface area contributed by atoms with Gasteiger partial charge in [0.2, 0.25) is 10.0 Å². The van der Waals surface area contributed by atoms with Crippen LogP contribution in [-0.2, 0) is 16.6 Å². The molecule has 0 heterocycles. The molecule has 0 aliphatic rings. The first-order chi connectivity index (χ1) is 12.4. The van der Waals surface area contributed by atoms with Crippen LogP contribution in [0.3, 0.4) is 0 Å². The summed E-state index contributed by atoms with van der Waals surface area (Å²) < 4.78 is 27.0. The number of carbonyl (C=O) groups excluding carboxylic acids is 1. The van der Waals surface area contributed by atoms with Crippen molar-refractivity contribution in [1.29, 1.82) is 0 Å². The Balaban J connectivity index is 2.36. The Morgan fingerprint density at radius 1 is 1.08 bits per heavy atom. The van der Waals surface area contributed by atoms with E-state index in [9.17, 15) is 13.2 Å². The summed E-state index contributed by atoms with van der Waals surface area (Å²) in [6.07, 6.45) is 0.826. The number of hydrogen-bond acceptors (Lipinski definition) is 3. The Morgan fingerprint density at radius 3 is 2.38 bits per heavy atom. The number of nitrogens with zero attached hydrogens (tertiary/aromatic N) is 1. The van der Waals surface area contributed by atoms with Crippen molar-refractivity contribution < 1.29 is 13.2 Å². The lowest BCUT2D eigenvalue weighted by Gasteiger charge is -2.23. The highest BCUT2D eigenvalue weighted by Crippen LogP contribution is 2.19. The molecule has 0 radical (unpaired) electrons. The molecule has 5 nitrogen and oxygen atoms in total. The van der Waals surface area contributed by atoms with Crippen molar-refractivity contribution in [2.75, 3.05) is 13.1 Å². The van der Waals surface area contributed by atoms with Crippen molar-refractivity contribution >= 4 is 15.9 Å². The zero-order valence-corrected chi connectivity index (χ0v) is 16.3. The third-order valence-electron chi connectivity index (χ3n) is 4.08. The third kappa shape index (κ3) is 4.93. The van der Waals surface area contributed by atoms with Gasteiger partial charge >= 0.3 is 0 Å². The van der Waals surface area contributed by atoms with Gasteiger partial charge in [0.05, 0.1) is 4.90 Å². The summed E-state index contributed by atoms with van der Waals surface area (Å²) >= 11 is 0. The van der Waals surface area contributed by atoms with E-state index in [1.807, 2.05) is 44.2 Å². The zero-order chi connectivity index (χ0) is 19.2. The molecule has 2 aromatic carbocycles. The van der Waals surface area contributed by atoms with Crippen molar-refractivity contribution in [1.82, 2.24) is 9.62 Å². The highest BCUT2D eigenvalue weighted by molar-refractivity contribution is 7.89. The quantitative estimate of drug-likeness (QED) is 0.771. The standard InChI is InChI=1S/C20H26N2O3S/c1-4-13-22(15-17-9-7-6-8-10-17)20(23)19-14-18(12-11-16(19)3)26(24,25)21-5-2/h6-12,14,21H,4-5,13,15H2,1-3H3. The Labute approximate surface area is 156 Å². The van der Waals surface area contributed by atoms with Gasteiger partial charge in [0.1, 0.15) is 0 Å². The molecule has 0 aromatic heterocycles. The summed E-state index contributed by atoms with van der Waals surface area (Å²) in [5, 5.41) is 0. The molecule has 0 fully saturated rings. The van der Waals surface area contributed by atoms with Gasteiger partial charge in [-0.3, -0.25) is 4.79 Å². The van der Waals surface area contributed by atoms with Gasteiger partial charge in [0.15, 0.2) is 0 Å². The first kappa shape index (κ1) is 20.1. The number of rotatable bonds is 8. The second-order valence-electron chi connectivity index (χ2n) is 6.19. The van der Waals surface area contributed by atoms with Gasteiger partial charge in [0.25, 0.3) is 5.91 Å². The molecule has 0 unspecified atom stereocenters. The number of aryl methyl sites for hydroxylation is 1. The minimum absolute atomic E-state index is 0.115. The van der Waals surface area contributed by atoms with Gasteiger partial charge in [-0.25, -0.2) is 13.1 Å². The number of nitrogens with one attached hydrogen (secondary N) is 1. The monoisotopic (exact) mass is 374 g/mol. The molecule has 0 spiro atoms. The highest BCUT2D eigenvalue weighted by Gasteiger charge is 2.21. The summed E-state index contributed by atoms with van der Waals surface area (Å²) in [6.45, 7) is 6.97. The molecule has 2 aromatic rings. The van der Waals surface area contributed by atoms with Gasteiger partial charge in [0, 0.05) is 25.2 Å². The minimum atomic E-state index is -3.60. The molecule has 0 saturated carbocycles. The van der Waals surface area contributed by atoms with Gasteiger partial charge in [-0.05, 0) is 36.6 Å². The minimum Gasteiger partial charge on any atom is -0.334 e. The number of amides is 1. The van der Waals surface area contributed by atoms with Crippen LogP contribution in [-0.4, -0.2) is 32.3 Å². The Hall–Kier alpha value is -2.18. The number of hydrogen-bond donors (Lipinski definition) is 1. The van der Waals surface area contributed by atoms with Crippen LogP contribution in [0, 0.1) is 6.92 Å². The summed E-state index contributed by atoms with van der Waals surface area (Å²) in [4.78, 5) is 15.0. The molecule has 0 saturated heterocycles. The highest BCUT2D eigenvalue weighted by atomic mass is 32.2. The third-order valence-corrected chi connectivity index (χ3v) is 5.62. The molecule has 0 aliphatic heterocycles. The normalized spacial score (nSPS) is 11.3. The largest absolute Gasteiger partial charge is 0.334 e. The maximum absolute atomic E-state index is 13.1. The first-order valence-corrected chi connectivity index (χ1v) is 10.3. The Bertz CT molecular complexity index is 849. The molecule has 0 bridgehead atoms. The number of benzene rings is 2. The van der Waals surface area contributed by atoms with E-state index in [2.05, 4.69) is 4.72 Å². The Morgan fingerprint density at radius 2 is 1.77 bits per heavy atom. The summed E-state index contributed by atoms with van der Waals surface area (Å²) in [5.74, 6) is -0.151. The number of sulfonamides is 1. The van der Waals surface area contributed by atoms with E-state index in [4.69, 9.17) is 0 Å². The van der Waals surface area contributed by atoms with E-state index in [1.165, 1.54) is 12.1 Å². The van der Waals surface area contributed by atoms with E-state index in [-0.39, 0.29) is 10.8 Å². The molecule has 26 heavy (non-hydrogen) atoms. The fourth-order valence-corrected chi connectivity index (χ4v) is 3.84. The van der Waals surface area contributed by atoms with Crippen LogP contribution in [0.25, 0.3) is 0 Å². The van der Waals surface area contributed by atoms with Crippen molar-refractivity contribution in [3.63, 3.8) is 0 Å². The molecule has 1 amide bonds. The van der Waals surface area contributed by atoms with Gasteiger partial charge in [-0.2, -0.15) is 0 Å². The van der Waals surface area contributed by atoms with E-state index in [1.54, 1.807) is 17.9 Å². The van der Waals surface area contributed by atoms with Crippen molar-refractivity contribution in [3.8, 4) is 0 Å². The first-order valence-electron chi connectivity index (χ1n) is 8.82. The lowest BCUT2D eigenvalue weighted by molar-refractivity contribution is 0.0742. The van der Waals surface area contributed by atoms with Crippen molar-refractivity contribution in [2.24, 2.45) is 0 Å². The molecular weight excluding hydrogens is 348 g/mol. The topological polar surface area (TPSA) is 66.5 Å². The van der Waals surface area contributed by atoms with Crippen LogP contribution in [0.1, 0.15) is 41.8 Å². The van der Waals surface area contributed by atoms with Crippen LogP contribution in [0.5, 0.6) is 0 Å². The molecule has 1 N–H and O–H groups in total. The molecular formula is C20H26N2O3S. The summed E-state index contributed by atoms with van der Waals surface area (Å²) in [6, 6.07) is 14.5. The van der Waals surface area contributed by atoms with Crippen LogP contribution < -0.4 is 4.72 Å². The average molecular weight is 375 g/mol. The average Bonchev–Trinajstić information content (AvgIpc) is 2.62. The maximum atomic E-state index is 13.1. The number of carbonyl (C=O) groups is 1. The molecule has 6 heteroatoms. The lowest BCUT2D eigenvalue weighted by Crippen LogP contribution is -2.32. The van der Waals surface area contributed by atoms with Crippen molar-refractivity contribution in [3.05, 3.63) is 65.2 Å².